The third-order valence-electron chi connectivity index (χ3n) is 3.26. The number of hydrogen-bond acceptors (Lipinski definition) is 4. The zero-order valence-corrected chi connectivity index (χ0v) is 11.2. The second-order valence-corrected chi connectivity index (χ2v) is 4.97. The summed E-state index contributed by atoms with van der Waals surface area (Å²) in [5.74, 6) is 1.39. The standard InChI is InChI=1S/C15H18N2O3/c18-15(17-8-7-16-12-3-4-12)6-2-11-1-5-13-14(9-11)20-10-19-13/h1-2,5-6,9,12,16H,3-4,7-8,10H2,(H,17,18). The third-order valence-corrected chi connectivity index (χ3v) is 3.26. The molecule has 20 heavy (non-hydrogen) atoms. The van der Waals surface area contributed by atoms with Gasteiger partial charge in [0.25, 0.3) is 0 Å². The monoisotopic (exact) mass is 274 g/mol. The van der Waals surface area contributed by atoms with Crippen molar-refractivity contribution in [2.24, 2.45) is 0 Å². The number of rotatable bonds is 6. The fourth-order valence-electron chi connectivity index (χ4n) is 2.00. The molecule has 1 saturated carbocycles. The Hall–Kier alpha value is -2.01. The summed E-state index contributed by atoms with van der Waals surface area (Å²) in [4.78, 5) is 11.6. The summed E-state index contributed by atoms with van der Waals surface area (Å²) in [6, 6.07) is 6.28. The average Bonchev–Trinajstić information content (AvgIpc) is 3.17. The molecule has 2 N–H and O–H groups in total. The van der Waals surface area contributed by atoms with Gasteiger partial charge in [0.1, 0.15) is 0 Å². The smallest absolute Gasteiger partial charge is 0.244 e. The molecule has 0 bridgehead atoms. The first-order valence-electron chi connectivity index (χ1n) is 6.90. The zero-order chi connectivity index (χ0) is 13.8. The van der Waals surface area contributed by atoms with Crippen molar-refractivity contribution in [3.63, 3.8) is 0 Å². The van der Waals surface area contributed by atoms with Gasteiger partial charge in [-0.1, -0.05) is 6.07 Å². The second-order valence-electron chi connectivity index (χ2n) is 4.97. The van der Waals surface area contributed by atoms with Gasteiger partial charge in [0.2, 0.25) is 12.7 Å². The Labute approximate surface area is 118 Å². The quantitative estimate of drug-likeness (QED) is 0.606. The van der Waals surface area contributed by atoms with Gasteiger partial charge >= 0.3 is 0 Å². The maximum atomic E-state index is 11.6. The van der Waals surface area contributed by atoms with Crippen molar-refractivity contribution in [1.82, 2.24) is 10.6 Å². The van der Waals surface area contributed by atoms with Crippen LogP contribution in [-0.4, -0.2) is 31.8 Å². The van der Waals surface area contributed by atoms with E-state index in [4.69, 9.17) is 9.47 Å². The first-order chi connectivity index (χ1) is 9.81. The fraction of sp³-hybridized carbons (Fsp3) is 0.400. The summed E-state index contributed by atoms with van der Waals surface area (Å²) < 4.78 is 10.5. The van der Waals surface area contributed by atoms with Gasteiger partial charge in [-0.3, -0.25) is 4.79 Å². The van der Waals surface area contributed by atoms with Crippen molar-refractivity contribution < 1.29 is 14.3 Å². The number of amides is 1. The molecule has 0 atom stereocenters. The van der Waals surface area contributed by atoms with Crippen LogP contribution in [0.3, 0.4) is 0 Å². The highest BCUT2D eigenvalue weighted by Crippen LogP contribution is 2.32. The Bertz CT molecular complexity index is 524. The van der Waals surface area contributed by atoms with E-state index in [-0.39, 0.29) is 12.7 Å². The van der Waals surface area contributed by atoms with Crippen LogP contribution in [0.5, 0.6) is 11.5 Å². The van der Waals surface area contributed by atoms with Crippen LogP contribution in [0.2, 0.25) is 0 Å². The average molecular weight is 274 g/mol. The van der Waals surface area contributed by atoms with Gasteiger partial charge in [-0.2, -0.15) is 0 Å². The fourth-order valence-corrected chi connectivity index (χ4v) is 2.00. The van der Waals surface area contributed by atoms with E-state index in [9.17, 15) is 4.79 Å². The molecule has 0 aromatic heterocycles. The molecule has 3 rings (SSSR count). The molecule has 1 aromatic rings. The first-order valence-corrected chi connectivity index (χ1v) is 6.90. The predicted molar refractivity (Wildman–Crippen MR) is 75.6 cm³/mol. The molecular formula is C15H18N2O3. The minimum absolute atomic E-state index is 0.0831. The number of benzene rings is 1. The molecule has 1 amide bonds. The van der Waals surface area contributed by atoms with Crippen LogP contribution in [0, 0.1) is 0 Å². The van der Waals surface area contributed by atoms with Crippen molar-refractivity contribution in [3.8, 4) is 11.5 Å². The molecule has 1 aliphatic heterocycles. The zero-order valence-electron chi connectivity index (χ0n) is 11.2. The molecule has 2 aliphatic rings. The minimum atomic E-state index is -0.0831. The highest BCUT2D eigenvalue weighted by Gasteiger charge is 2.19. The summed E-state index contributed by atoms with van der Waals surface area (Å²) in [6.45, 7) is 1.74. The molecule has 5 nitrogen and oxygen atoms in total. The van der Waals surface area contributed by atoms with Gasteiger partial charge in [0.05, 0.1) is 0 Å². The molecule has 0 saturated heterocycles. The molecule has 5 heteroatoms. The number of hydrogen-bond donors (Lipinski definition) is 2. The lowest BCUT2D eigenvalue weighted by Crippen LogP contribution is -2.31. The van der Waals surface area contributed by atoms with Gasteiger partial charge in [-0.25, -0.2) is 0 Å². The normalized spacial score (nSPS) is 16.6. The van der Waals surface area contributed by atoms with Gasteiger partial charge in [0, 0.05) is 25.2 Å². The summed E-state index contributed by atoms with van der Waals surface area (Å²) in [5.41, 5.74) is 0.917. The van der Waals surface area contributed by atoms with E-state index in [2.05, 4.69) is 10.6 Å². The lowest BCUT2D eigenvalue weighted by atomic mass is 10.2. The van der Waals surface area contributed by atoms with E-state index >= 15 is 0 Å². The van der Waals surface area contributed by atoms with Gasteiger partial charge < -0.3 is 20.1 Å². The summed E-state index contributed by atoms with van der Waals surface area (Å²) in [5, 5.41) is 6.19. The molecule has 0 radical (unpaired) electrons. The summed E-state index contributed by atoms with van der Waals surface area (Å²) in [7, 11) is 0. The number of nitrogens with one attached hydrogen (secondary N) is 2. The maximum absolute atomic E-state index is 11.6. The summed E-state index contributed by atoms with van der Waals surface area (Å²) >= 11 is 0. The van der Waals surface area contributed by atoms with Crippen LogP contribution >= 0.6 is 0 Å². The van der Waals surface area contributed by atoms with Crippen molar-refractivity contribution >= 4 is 12.0 Å². The Kier molecular flexibility index (Phi) is 3.87. The van der Waals surface area contributed by atoms with E-state index in [1.807, 2.05) is 18.2 Å². The summed E-state index contributed by atoms with van der Waals surface area (Å²) in [6.07, 6.45) is 5.83. The largest absolute Gasteiger partial charge is 0.454 e. The van der Waals surface area contributed by atoms with Crippen molar-refractivity contribution in [2.75, 3.05) is 19.9 Å². The van der Waals surface area contributed by atoms with Crippen LogP contribution in [0.15, 0.2) is 24.3 Å². The van der Waals surface area contributed by atoms with E-state index in [0.29, 0.717) is 12.6 Å². The SMILES string of the molecule is O=C(C=Cc1ccc2c(c1)OCO2)NCCNC1CC1. The molecule has 1 aromatic carbocycles. The Morgan fingerprint density at radius 3 is 2.95 bits per heavy atom. The van der Waals surface area contributed by atoms with E-state index in [0.717, 1.165) is 23.6 Å². The van der Waals surface area contributed by atoms with Crippen LogP contribution < -0.4 is 20.1 Å². The molecular weight excluding hydrogens is 256 g/mol. The Morgan fingerprint density at radius 2 is 2.10 bits per heavy atom. The van der Waals surface area contributed by atoms with Crippen molar-refractivity contribution in [3.05, 3.63) is 29.8 Å². The molecule has 1 heterocycles. The van der Waals surface area contributed by atoms with E-state index in [1.54, 1.807) is 6.08 Å². The predicted octanol–water partition coefficient (Wildman–Crippen LogP) is 1.30. The number of ether oxygens (including phenoxy) is 2. The molecule has 1 aliphatic carbocycles. The van der Waals surface area contributed by atoms with Crippen molar-refractivity contribution in [1.29, 1.82) is 0 Å². The highest BCUT2D eigenvalue weighted by atomic mass is 16.7. The number of fused-ring (bicyclic) bond motifs is 1. The molecule has 0 unspecified atom stereocenters. The molecule has 0 spiro atoms. The van der Waals surface area contributed by atoms with Crippen LogP contribution in [0.1, 0.15) is 18.4 Å². The highest BCUT2D eigenvalue weighted by molar-refractivity contribution is 5.91. The van der Waals surface area contributed by atoms with Gasteiger partial charge in [-0.05, 0) is 36.6 Å². The molecule has 106 valence electrons. The number of carbonyl (C=O) groups excluding carboxylic acids is 1. The Balaban J connectivity index is 1.44. The first kappa shape index (κ1) is 13.0. The maximum Gasteiger partial charge on any atom is 0.244 e. The minimum Gasteiger partial charge on any atom is -0.454 e. The van der Waals surface area contributed by atoms with Crippen molar-refractivity contribution in [2.45, 2.75) is 18.9 Å². The third kappa shape index (κ3) is 3.51. The van der Waals surface area contributed by atoms with Crippen LogP contribution in [0.25, 0.3) is 6.08 Å². The van der Waals surface area contributed by atoms with Gasteiger partial charge in [0.15, 0.2) is 11.5 Å². The van der Waals surface area contributed by atoms with Gasteiger partial charge in [-0.15, -0.1) is 0 Å². The van der Waals surface area contributed by atoms with Crippen LogP contribution in [-0.2, 0) is 4.79 Å². The lowest BCUT2D eigenvalue weighted by molar-refractivity contribution is -0.116. The van der Waals surface area contributed by atoms with E-state index < -0.39 is 0 Å². The topological polar surface area (TPSA) is 59.6 Å². The van der Waals surface area contributed by atoms with E-state index in [1.165, 1.54) is 18.9 Å². The number of carbonyl (C=O) groups is 1. The lowest BCUT2D eigenvalue weighted by Gasteiger charge is -2.03. The van der Waals surface area contributed by atoms with Crippen LogP contribution in [0.4, 0.5) is 0 Å². The second kappa shape index (κ2) is 5.96. The molecule has 1 fully saturated rings. The Morgan fingerprint density at radius 1 is 1.25 bits per heavy atom.